The summed E-state index contributed by atoms with van der Waals surface area (Å²) in [5.41, 5.74) is 2.01. The molecule has 3 amide bonds. The van der Waals surface area contributed by atoms with Gasteiger partial charge < -0.3 is 5.32 Å². The summed E-state index contributed by atoms with van der Waals surface area (Å²) in [6.45, 7) is 2.42. The summed E-state index contributed by atoms with van der Waals surface area (Å²) in [5, 5.41) is 2.79. The molecular formula is C22H23N3O5S. The number of sulfonamides is 1. The third kappa shape index (κ3) is 3.86. The number of nitrogens with one attached hydrogen (secondary N) is 1. The molecule has 0 atom stereocenters. The number of nitrogens with zero attached hydrogens (tertiary/aromatic N) is 2. The predicted molar refractivity (Wildman–Crippen MR) is 114 cm³/mol. The zero-order valence-corrected chi connectivity index (χ0v) is 18.1. The molecule has 4 rings (SSSR count). The Hall–Kier alpha value is -3.04. The van der Waals surface area contributed by atoms with Crippen molar-refractivity contribution in [1.82, 2.24) is 9.21 Å². The molecule has 31 heavy (non-hydrogen) atoms. The van der Waals surface area contributed by atoms with Crippen LogP contribution in [0.3, 0.4) is 0 Å². The summed E-state index contributed by atoms with van der Waals surface area (Å²) in [4.78, 5) is 38.1. The molecule has 0 radical (unpaired) electrons. The Bertz CT molecular complexity index is 1170. The highest BCUT2D eigenvalue weighted by Crippen LogP contribution is 2.27. The van der Waals surface area contributed by atoms with Crippen LogP contribution in [0.15, 0.2) is 47.4 Å². The number of aryl methyl sites for hydroxylation is 1. The van der Waals surface area contributed by atoms with Gasteiger partial charge in [0.15, 0.2) is 0 Å². The van der Waals surface area contributed by atoms with Gasteiger partial charge in [-0.25, -0.2) is 8.42 Å². The van der Waals surface area contributed by atoms with Crippen molar-refractivity contribution in [3.63, 3.8) is 0 Å². The van der Waals surface area contributed by atoms with Crippen molar-refractivity contribution in [1.29, 1.82) is 0 Å². The van der Waals surface area contributed by atoms with Crippen molar-refractivity contribution in [3.8, 4) is 0 Å². The van der Waals surface area contributed by atoms with Gasteiger partial charge >= 0.3 is 0 Å². The number of hydrogen-bond donors (Lipinski definition) is 1. The second kappa shape index (κ2) is 7.90. The maximum absolute atomic E-state index is 12.8. The number of carbonyl (C=O) groups is 3. The molecule has 2 aromatic rings. The minimum atomic E-state index is -3.58. The van der Waals surface area contributed by atoms with Crippen molar-refractivity contribution in [2.75, 3.05) is 25.5 Å². The Kier molecular flexibility index (Phi) is 5.40. The van der Waals surface area contributed by atoms with Crippen molar-refractivity contribution >= 4 is 33.4 Å². The van der Waals surface area contributed by atoms with Gasteiger partial charge in [-0.15, -0.1) is 0 Å². The van der Waals surface area contributed by atoms with Gasteiger partial charge in [0.25, 0.3) is 11.8 Å². The maximum atomic E-state index is 12.8. The van der Waals surface area contributed by atoms with E-state index in [2.05, 4.69) is 5.32 Å². The van der Waals surface area contributed by atoms with E-state index in [1.165, 1.54) is 23.5 Å². The molecule has 1 N–H and O–H groups in total. The first kappa shape index (κ1) is 21.2. The standard InChI is InChI=1S/C22H23N3O5S/c1-14-3-6-17(7-4-14)31(29,30)25-11-9-15(10-12-25)20(26)23-16-5-8-18-19(13-16)22(28)24(2)21(18)27/h3-8,13,15H,9-12H2,1-2H3,(H,23,26). The van der Waals surface area contributed by atoms with Crippen molar-refractivity contribution in [2.45, 2.75) is 24.7 Å². The van der Waals surface area contributed by atoms with Gasteiger partial charge in [-0.2, -0.15) is 4.31 Å². The van der Waals surface area contributed by atoms with Crippen molar-refractivity contribution in [2.24, 2.45) is 5.92 Å². The number of hydrogen-bond acceptors (Lipinski definition) is 5. The quantitative estimate of drug-likeness (QED) is 0.733. The van der Waals surface area contributed by atoms with Gasteiger partial charge in [0.1, 0.15) is 0 Å². The summed E-state index contributed by atoms with van der Waals surface area (Å²) in [6, 6.07) is 11.4. The number of piperidine rings is 1. The molecule has 0 aromatic heterocycles. The molecular weight excluding hydrogens is 418 g/mol. The zero-order chi connectivity index (χ0) is 22.3. The molecule has 2 heterocycles. The number of imide groups is 1. The lowest BCUT2D eigenvalue weighted by molar-refractivity contribution is -0.120. The first-order valence-corrected chi connectivity index (χ1v) is 11.5. The van der Waals surface area contributed by atoms with Crippen molar-refractivity contribution < 1.29 is 22.8 Å². The number of benzene rings is 2. The van der Waals surface area contributed by atoms with Crippen LogP contribution in [-0.2, 0) is 14.8 Å². The van der Waals surface area contributed by atoms with Crippen LogP contribution in [0, 0.1) is 12.8 Å². The van der Waals surface area contributed by atoms with Crippen LogP contribution in [-0.4, -0.2) is 55.5 Å². The number of rotatable bonds is 4. The SMILES string of the molecule is Cc1ccc(S(=O)(=O)N2CCC(C(=O)Nc3ccc4c(c3)C(=O)N(C)C4=O)CC2)cc1. The minimum absolute atomic E-state index is 0.225. The molecule has 8 nitrogen and oxygen atoms in total. The van der Waals surface area contributed by atoms with E-state index in [1.807, 2.05) is 6.92 Å². The Labute approximate surface area is 180 Å². The molecule has 0 bridgehead atoms. The molecule has 0 saturated carbocycles. The lowest BCUT2D eigenvalue weighted by Crippen LogP contribution is -2.41. The third-order valence-corrected chi connectivity index (χ3v) is 7.75. The van der Waals surface area contributed by atoms with Gasteiger partial charge in [-0.05, 0) is 50.1 Å². The molecule has 162 valence electrons. The van der Waals surface area contributed by atoms with E-state index in [4.69, 9.17) is 0 Å². The summed E-state index contributed by atoms with van der Waals surface area (Å²) in [7, 11) is -2.16. The van der Waals surface area contributed by atoms with Gasteiger partial charge in [-0.1, -0.05) is 17.7 Å². The number of carbonyl (C=O) groups excluding carboxylic acids is 3. The first-order chi connectivity index (χ1) is 14.7. The molecule has 2 aromatic carbocycles. The van der Waals surface area contributed by atoms with E-state index >= 15 is 0 Å². The summed E-state index contributed by atoms with van der Waals surface area (Å²) in [5.74, 6) is -1.32. The first-order valence-electron chi connectivity index (χ1n) is 10.0. The summed E-state index contributed by atoms with van der Waals surface area (Å²) in [6.07, 6.45) is 0.810. The smallest absolute Gasteiger partial charge is 0.261 e. The van der Waals surface area contributed by atoms with E-state index in [0.717, 1.165) is 10.5 Å². The van der Waals surface area contributed by atoms with Crippen LogP contribution < -0.4 is 5.32 Å². The largest absolute Gasteiger partial charge is 0.326 e. The second-order valence-electron chi connectivity index (χ2n) is 7.91. The Morgan fingerprint density at radius 2 is 1.58 bits per heavy atom. The maximum Gasteiger partial charge on any atom is 0.261 e. The average Bonchev–Trinajstić information content (AvgIpc) is 2.98. The van der Waals surface area contributed by atoms with Crippen LogP contribution in [0.1, 0.15) is 39.1 Å². The van der Waals surface area contributed by atoms with Gasteiger partial charge in [0.2, 0.25) is 15.9 Å². The van der Waals surface area contributed by atoms with E-state index in [-0.39, 0.29) is 41.3 Å². The second-order valence-corrected chi connectivity index (χ2v) is 9.85. The zero-order valence-electron chi connectivity index (χ0n) is 17.3. The predicted octanol–water partition coefficient (Wildman–Crippen LogP) is 2.26. The number of amides is 3. The van der Waals surface area contributed by atoms with Crippen LogP contribution >= 0.6 is 0 Å². The van der Waals surface area contributed by atoms with Gasteiger partial charge in [-0.3, -0.25) is 19.3 Å². The topological polar surface area (TPSA) is 104 Å². The monoisotopic (exact) mass is 441 g/mol. The van der Waals surface area contributed by atoms with Gasteiger partial charge in [0, 0.05) is 31.7 Å². The molecule has 1 fully saturated rings. The van der Waals surface area contributed by atoms with Crippen LogP contribution in [0.2, 0.25) is 0 Å². The molecule has 2 aliphatic heterocycles. The molecule has 9 heteroatoms. The third-order valence-electron chi connectivity index (χ3n) is 5.84. The average molecular weight is 442 g/mol. The fraction of sp³-hybridized carbons (Fsp3) is 0.318. The van der Waals surface area contributed by atoms with E-state index in [1.54, 1.807) is 30.3 Å². The highest BCUT2D eigenvalue weighted by atomic mass is 32.2. The normalized spacial score (nSPS) is 17.7. The Morgan fingerprint density at radius 1 is 0.968 bits per heavy atom. The number of fused-ring (bicyclic) bond motifs is 1. The molecule has 0 spiro atoms. The minimum Gasteiger partial charge on any atom is -0.326 e. The summed E-state index contributed by atoms with van der Waals surface area (Å²) >= 11 is 0. The summed E-state index contributed by atoms with van der Waals surface area (Å²) < 4.78 is 27.1. The highest BCUT2D eigenvalue weighted by molar-refractivity contribution is 7.89. The Balaban J connectivity index is 1.40. The highest BCUT2D eigenvalue weighted by Gasteiger charge is 2.34. The number of anilines is 1. The molecule has 2 aliphatic rings. The van der Waals surface area contributed by atoms with Gasteiger partial charge in [0.05, 0.1) is 16.0 Å². The Morgan fingerprint density at radius 3 is 2.23 bits per heavy atom. The van der Waals surface area contributed by atoms with Crippen LogP contribution in [0.5, 0.6) is 0 Å². The van der Waals surface area contributed by atoms with Crippen LogP contribution in [0.25, 0.3) is 0 Å². The molecule has 0 unspecified atom stereocenters. The van der Waals surface area contributed by atoms with E-state index in [9.17, 15) is 22.8 Å². The van der Waals surface area contributed by atoms with Crippen LogP contribution in [0.4, 0.5) is 5.69 Å². The lowest BCUT2D eigenvalue weighted by Gasteiger charge is -2.30. The molecule has 1 saturated heterocycles. The molecule has 0 aliphatic carbocycles. The van der Waals surface area contributed by atoms with E-state index in [0.29, 0.717) is 24.1 Å². The van der Waals surface area contributed by atoms with E-state index < -0.39 is 15.9 Å². The fourth-order valence-corrected chi connectivity index (χ4v) is 5.37. The van der Waals surface area contributed by atoms with Crippen molar-refractivity contribution in [3.05, 3.63) is 59.2 Å². The fourth-order valence-electron chi connectivity index (χ4n) is 3.90. The lowest BCUT2D eigenvalue weighted by atomic mass is 9.97.